The number of ether oxygens (including phenoxy) is 1. The molecule has 0 unspecified atom stereocenters. The maximum atomic E-state index is 12.5. The molecule has 1 aromatic carbocycles. The lowest BCUT2D eigenvalue weighted by Crippen LogP contribution is -2.53. The Hall–Kier alpha value is -2.23. The number of hydrogen-bond acceptors (Lipinski definition) is 6. The summed E-state index contributed by atoms with van der Waals surface area (Å²) in [6.45, 7) is 2.52. The fourth-order valence-corrected chi connectivity index (χ4v) is 4.22. The number of rotatable bonds is 5. The van der Waals surface area contributed by atoms with Crippen LogP contribution in [0.3, 0.4) is 0 Å². The van der Waals surface area contributed by atoms with Crippen LogP contribution in [0.2, 0.25) is 0 Å². The summed E-state index contributed by atoms with van der Waals surface area (Å²) in [4.78, 5) is 27.9. The van der Waals surface area contributed by atoms with E-state index in [1.165, 1.54) is 7.11 Å². The highest BCUT2D eigenvalue weighted by Crippen LogP contribution is 2.18. The van der Waals surface area contributed by atoms with Crippen molar-refractivity contribution in [1.29, 1.82) is 0 Å². The van der Waals surface area contributed by atoms with Crippen LogP contribution in [0.4, 0.5) is 5.69 Å². The first-order valence-electron chi connectivity index (χ1n) is 10.4. The maximum absolute atomic E-state index is 12.5. The van der Waals surface area contributed by atoms with Gasteiger partial charge in [0.05, 0.1) is 25.3 Å². The molecule has 2 aliphatic rings. The van der Waals surface area contributed by atoms with Gasteiger partial charge in [-0.2, -0.15) is 0 Å². The number of likely N-dealkylation sites (tertiary alicyclic amines) is 2. The van der Waals surface area contributed by atoms with Crippen molar-refractivity contribution in [2.75, 3.05) is 38.6 Å². The van der Waals surface area contributed by atoms with Crippen molar-refractivity contribution in [3.63, 3.8) is 0 Å². The first-order valence-corrected chi connectivity index (χ1v) is 10.8. The third-order valence-corrected chi connectivity index (χ3v) is 5.82. The van der Waals surface area contributed by atoms with E-state index in [1.54, 1.807) is 24.3 Å². The molecule has 30 heavy (non-hydrogen) atoms. The molecule has 1 amide bonds. The zero-order valence-electron chi connectivity index (χ0n) is 17.3. The molecule has 164 valence electrons. The molecule has 2 atom stereocenters. The van der Waals surface area contributed by atoms with Gasteiger partial charge < -0.3 is 25.4 Å². The smallest absolute Gasteiger partial charge is 0.337 e. The number of thiocarbonyl (C=S) groups is 1. The lowest BCUT2D eigenvalue weighted by molar-refractivity contribution is -0.134. The van der Waals surface area contributed by atoms with E-state index >= 15 is 0 Å². The summed E-state index contributed by atoms with van der Waals surface area (Å²) in [5.41, 5.74) is 1.07. The molecule has 2 saturated heterocycles. The van der Waals surface area contributed by atoms with Gasteiger partial charge in [0, 0.05) is 25.3 Å². The van der Waals surface area contributed by atoms with Crippen LogP contribution in [0.5, 0.6) is 0 Å². The summed E-state index contributed by atoms with van der Waals surface area (Å²) < 4.78 is 4.74. The van der Waals surface area contributed by atoms with Crippen LogP contribution in [0.25, 0.3) is 0 Å². The summed E-state index contributed by atoms with van der Waals surface area (Å²) in [6.07, 6.45) is 3.90. The van der Waals surface area contributed by atoms with Gasteiger partial charge in [-0.05, 0) is 62.5 Å². The van der Waals surface area contributed by atoms with Crippen LogP contribution in [0, 0.1) is 0 Å². The molecule has 2 fully saturated rings. The molecule has 0 saturated carbocycles. The molecule has 1 aromatic rings. The van der Waals surface area contributed by atoms with Crippen LogP contribution >= 0.6 is 12.2 Å². The Bertz CT molecular complexity index is 769. The first-order chi connectivity index (χ1) is 14.5. The molecule has 0 bridgehead atoms. The zero-order valence-corrected chi connectivity index (χ0v) is 18.1. The molecular weight excluding hydrogens is 404 g/mol. The monoisotopic (exact) mass is 434 g/mol. The summed E-state index contributed by atoms with van der Waals surface area (Å²) in [5, 5.41) is 17.5. The number of hydrogen-bond donors (Lipinski definition) is 3. The van der Waals surface area contributed by atoms with E-state index in [0.717, 1.165) is 45.2 Å². The highest BCUT2D eigenvalue weighted by Gasteiger charge is 2.31. The average molecular weight is 435 g/mol. The Labute approximate surface area is 182 Å². The number of benzene rings is 1. The third-order valence-electron chi connectivity index (χ3n) is 5.60. The molecule has 0 aliphatic carbocycles. The van der Waals surface area contributed by atoms with Gasteiger partial charge in [0.2, 0.25) is 5.91 Å². The van der Waals surface area contributed by atoms with Crippen molar-refractivity contribution in [3.8, 4) is 0 Å². The lowest BCUT2D eigenvalue weighted by Gasteiger charge is -2.32. The second-order valence-electron chi connectivity index (χ2n) is 7.75. The summed E-state index contributed by atoms with van der Waals surface area (Å²) in [7, 11) is 1.34. The quantitative estimate of drug-likeness (QED) is 0.475. The molecule has 2 aliphatic heterocycles. The number of methoxy groups -OCH3 is 1. The van der Waals surface area contributed by atoms with Gasteiger partial charge in [-0.3, -0.25) is 9.69 Å². The highest BCUT2D eigenvalue weighted by molar-refractivity contribution is 7.80. The van der Waals surface area contributed by atoms with Gasteiger partial charge in [0.25, 0.3) is 0 Å². The minimum absolute atomic E-state index is 0.0764. The van der Waals surface area contributed by atoms with Crippen LogP contribution in [-0.2, 0) is 9.53 Å². The van der Waals surface area contributed by atoms with Gasteiger partial charge >= 0.3 is 5.97 Å². The minimum Gasteiger partial charge on any atom is -0.465 e. The van der Waals surface area contributed by atoms with Gasteiger partial charge in [-0.25, -0.2) is 4.79 Å². The SMILES string of the molecule is COC(=O)c1cccc(NC(=S)N[C@H]2CCCCN(CC(=O)N3CCCC3)[C@H]2O)c1. The number of aliphatic hydroxyl groups is 1. The van der Waals surface area contributed by atoms with Gasteiger partial charge in [0.1, 0.15) is 6.23 Å². The molecule has 2 heterocycles. The number of anilines is 1. The maximum Gasteiger partial charge on any atom is 0.337 e. The topological polar surface area (TPSA) is 94.1 Å². The van der Waals surface area contributed by atoms with E-state index in [0.29, 0.717) is 22.9 Å². The fraction of sp³-hybridized carbons (Fsp3) is 0.571. The zero-order chi connectivity index (χ0) is 21.5. The molecule has 3 rings (SSSR count). The number of carbonyl (C=O) groups is 2. The van der Waals surface area contributed by atoms with E-state index in [-0.39, 0.29) is 18.5 Å². The predicted molar refractivity (Wildman–Crippen MR) is 118 cm³/mol. The molecule has 8 nitrogen and oxygen atoms in total. The van der Waals surface area contributed by atoms with Crippen LogP contribution in [-0.4, -0.2) is 77.5 Å². The number of carbonyl (C=O) groups excluding carboxylic acids is 2. The van der Waals surface area contributed by atoms with Crippen molar-refractivity contribution < 1.29 is 19.4 Å². The van der Waals surface area contributed by atoms with Crippen LogP contribution in [0.15, 0.2) is 24.3 Å². The molecule has 0 radical (unpaired) electrons. The summed E-state index contributed by atoms with van der Waals surface area (Å²) in [6, 6.07) is 6.57. The van der Waals surface area contributed by atoms with Crippen molar-refractivity contribution in [1.82, 2.24) is 15.1 Å². The Morgan fingerprint density at radius 3 is 2.67 bits per heavy atom. The van der Waals surface area contributed by atoms with E-state index in [2.05, 4.69) is 10.6 Å². The summed E-state index contributed by atoms with van der Waals surface area (Å²) >= 11 is 5.42. The number of nitrogens with one attached hydrogen (secondary N) is 2. The normalized spacial score (nSPS) is 22.3. The van der Waals surface area contributed by atoms with E-state index in [1.807, 2.05) is 9.80 Å². The second-order valence-corrected chi connectivity index (χ2v) is 8.15. The Morgan fingerprint density at radius 1 is 1.20 bits per heavy atom. The lowest BCUT2D eigenvalue weighted by atomic mass is 10.1. The van der Waals surface area contributed by atoms with E-state index in [4.69, 9.17) is 17.0 Å². The molecule has 3 N–H and O–H groups in total. The Morgan fingerprint density at radius 2 is 1.93 bits per heavy atom. The largest absolute Gasteiger partial charge is 0.465 e. The van der Waals surface area contributed by atoms with Gasteiger partial charge in [-0.15, -0.1) is 0 Å². The number of esters is 1. The minimum atomic E-state index is -0.805. The average Bonchev–Trinajstić information content (AvgIpc) is 3.23. The van der Waals surface area contributed by atoms with E-state index in [9.17, 15) is 14.7 Å². The van der Waals surface area contributed by atoms with Crippen LogP contribution < -0.4 is 10.6 Å². The van der Waals surface area contributed by atoms with Crippen molar-refractivity contribution >= 4 is 34.9 Å². The van der Waals surface area contributed by atoms with Crippen molar-refractivity contribution in [3.05, 3.63) is 29.8 Å². The van der Waals surface area contributed by atoms with Crippen molar-refractivity contribution in [2.45, 2.75) is 44.4 Å². The molecule has 9 heteroatoms. The number of amides is 1. The molecule has 0 aromatic heterocycles. The Kier molecular flexibility index (Phi) is 8.01. The fourth-order valence-electron chi connectivity index (χ4n) is 3.95. The second kappa shape index (κ2) is 10.7. The van der Waals surface area contributed by atoms with Crippen LogP contribution in [0.1, 0.15) is 42.5 Å². The van der Waals surface area contributed by atoms with Crippen molar-refractivity contribution in [2.24, 2.45) is 0 Å². The predicted octanol–water partition coefficient (Wildman–Crippen LogP) is 1.55. The van der Waals surface area contributed by atoms with E-state index < -0.39 is 12.2 Å². The summed E-state index contributed by atoms with van der Waals surface area (Å²) in [5.74, 6) is -0.345. The molecule has 0 spiro atoms. The Balaban J connectivity index is 1.58. The number of nitrogens with zero attached hydrogens (tertiary/aromatic N) is 2. The number of aliphatic hydroxyl groups excluding tert-OH is 1. The third kappa shape index (κ3) is 5.90. The van der Waals surface area contributed by atoms with Gasteiger partial charge in [0.15, 0.2) is 5.11 Å². The van der Waals surface area contributed by atoms with Gasteiger partial charge in [-0.1, -0.05) is 6.07 Å². The first kappa shape index (κ1) is 22.5. The molecular formula is C21H30N4O4S. The standard InChI is InChI=1S/C21H30N4O4S/c1-29-20(28)15-7-6-8-16(13-15)22-21(30)23-17-9-2-3-12-25(19(17)27)14-18(26)24-10-4-5-11-24/h6-8,13,17,19,27H,2-5,9-12,14H2,1H3,(H2,22,23,30)/t17-,19-/m0/s1. The highest BCUT2D eigenvalue weighted by atomic mass is 32.1.